The summed E-state index contributed by atoms with van der Waals surface area (Å²) >= 11 is 0. The van der Waals surface area contributed by atoms with Crippen molar-refractivity contribution < 1.29 is 27.2 Å². The number of nitro benzene ring substituents is 1. The van der Waals surface area contributed by atoms with Gasteiger partial charge in [0.2, 0.25) is 15.8 Å². The second kappa shape index (κ2) is 6.20. The smallest absolute Gasteiger partial charge is 0.306 e. The molecule has 1 rings (SSSR count). The molecule has 2 N–H and O–H groups in total. The number of aliphatic hydroxyl groups excluding tert-OH is 1. The fourth-order valence-electron chi connectivity index (χ4n) is 1.40. The van der Waals surface area contributed by atoms with Crippen molar-refractivity contribution in [2.75, 3.05) is 6.61 Å². The maximum Gasteiger partial charge on any atom is 0.306 e. The van der Waals surface area contributed by atoms with Gasteiger partial charge in [-0.15, -0.1) is 0 Å². The van der Waals surface area contributed by atoms with Crippen molar-refractivity contribution in [3.63, 3.8) is 0 Å². The molecule has 20 heavy (non-hydrogen) atoms. The lowest BCUT2D eigenvalue weighted by atomic mass is 10.3. The Labute approximate surface area is 113 Å². The fraction of sp³-hybridized carbons (Fsp3) is 0.400. The number of sulfonamides is 1. The second-order valence-electron chi connectivity index (χ2n) is 3.90. The van der Waals surface area contributed by atoms with Crippen LogP contribution < -0.4 is 4.72 Å². The van der Waals surface area contributed by atoms with Gasteiger partial charge in [0.05, 0.1) is 11.5 Å². The Balaban J connectivity index is 3.31. The molecule has 10 heteroatoms. The minimum absolute atomic E-state index is 0.132. The van der Waals surface area contributed by atoms with Gasteiger partial charge in [-0.1, -0.05) is 6.92 Å². The van der Waals surface area contributed by atoms with Crippen LogP contribution in [0.1, 0.15) is 13.3 Å². The van der Waals surface area contributed by atoms with Gasteiger partial charge < -0.3 is 5.11 Å². The van der Waals surface area contributed by atoms with Crippen LogP contribution in [0.4, 0.5) is 14.5 Å². The topological polar surface area (TPSA) is 110 Å². The zero-order valence-corrected chi connectivity index (χ0v) is 11.2. The Kier molecular flexibility index (Phi) is 5.09. The van der Waals surface area contributed by atoms with E-state index in [1.165, 1.54) is 0 Å². The molecule has 112 valence electrons. The summed E-state index contributed by atoms with van der Waals surface area (Å²) in [7, 11) is -4.44. The first kappa shape index (κ1) is 16.4. The summed E-state index contributed by atoms with van der Waals surface area (Å²) in [6.07, 6.45) is 0.223. The van der Waals surface area contributed by atoms with Gasteiger partial charge in [0.25, 0.3) is 0 Å². The van der Waals surface area contributed by atoms with Crippen molar-refractivity contribution in [2.45, 2.75) is 24.3 Å². The summed E-state index contributed by atoms with van der Waals surface area (Å²) in [5, 5.41) is 19.4. The lowest BCUT2D eigenvalue weighted by Gasteiger charge is -2.14. The van der Waals surface area contributed by atoms with Gasteiger partial charge in [-0.3, -0.25) is 10.1 Å². The third-order valence-corrected chi connectivity index (χ3v) is 4.06. The van der Waals surface area contributed by atoms with E-state index in [-0.39, 0.29) is 12.5 Å². The highest BCUT2D eigenvalue weighted by Gasteiger charge is 2.27. The molecule has 0 bridgehead atoms. The van der Waals surface area contributed by atoms with Gasteiger partial charge in [0, 0.05) is 18.2 Å². The van der Waals surface area contributed by atoms with Crippen LogP contribution in [-0.2, 0) is 10.0 Å². The Morgan fingerprint density at radius 2 is 2.00 bits per heavy atom. The van der Waals surface area contributed by atoms with E-state index in [1.54, 1.807) is 6.92 Å². The zero-order chi connectivity index (χ0) is 15.5. The van der Waals surface area contributed by atoms with E-state index < -0.39 is 49.8 Å². The van der Waals surface area contributed by atoms with E-state index in [4.69, 9.17) is 5.11 Å². The molecule has 0 fully saturated rings. The van der Waals surface area contributed by atoms with Gasteiger partial charge in [-0.05, 0) is 6.42 Å². The number of aliphatic hydroxyl groups is 1. The van der Waals surface area contributed by atoms with Gasteiger partial charge in [-0.25, -0.2) is 17.5 Å². The summed E-state index contributed by atoms with van der Waals surface area (Å²) in [5.74, 6) is -2.92. The SMILES string of the molecule is CC[C@@H](CO)NS(=O)(=O)c1cc([N+](=O)[O-])c(F)cc1F. The first-order valence-corrected chi connectivity index (χ1v) is 6.97. The van der Waals surface area contributed by atoms with E-state index >= 15 is 0 Å². The van der Waals surface area contributed by atoms with Crippen molar-refractivity contribution >= 4 is 15.7 Å². The molecule has 0 aromatic heterocycles. The van der Waals surface area contributed by atoms with Crippen LogP contribution in [0.3, 0.4) is 0 Å². The Bertz CT molecular complexity index is 616. The highest BCUT2D eigenvalue weighted by molar-refractivity contribution is 7.89. The van der Waals surface area contributed by atoms with Crippen LogP contribution >= 0.6 is 0 Å². The van der Waals surface area contributed by atoms with Gasteiger partial charge >= 0.3 is 5.69 Å². The van der Waals surface area contributed by atoms with Gasteiger partial charge in [-0.2, -0.15) is 4.39 Å². The molecule has 0 amide bonds. The molecule has 0 unspecified atom stereocenters. The van der Waals surface area contributed by atoms with Crippen LogP contribution in [0.5, 0.6) is 0 Å². The predicted octanol–water partition coefficient (Wildman–Crippen LogP) is 0.922. The number of nitrogens with zero attached hydrogens (tertiary/aromatic N) is 1. The zero-order valence-electron chi connectivity index (χ0n) is 10.3. The standard InChI is InChI=1S/C10H12F2N2O5S/c1-2-6(5-15)13-20(18,19)10-4-9(14(16)17)7(11)3-8(10)12/h3-4,6,13,15H,2,5H2,1H3/t6-/m0/s1. The average Bonchev–Trinajstić information content (AvgIpc) is 2.35. The molecule has 0 saturated heterocycles. The van der Waals surface area contributed by atoms with Crippen LogP contribution in [0.2, 0.25) is 0 Å². The highest BCUT2D eigenvalue weighted by Crippen LogP contribution is 2.24. The number of nitro groups is 1. The predicted molar refractivity (Wildman–Crippen MR) is 64.5 cm³/mol. The molecular formula is C10H12F2N2O5S. The lowest BCUT2D eigenvalue weighted by Crippen LogP contribution is -2.37. The molecule has 0 radical (unpaired) electrons. The molecule has 1 aromatic rings. The van der Waals surface area contributed by atoms with E-state index in [9.17, 15) is 27.3 Å². The summed E-state index contributed by atoms with van der Waals surface area (Å²) in [4.78, 5) is 8.34. The highest BCUT2D eigenvalue weighted by atomic mass is 32.2. The molecule has 0 spiro atoms. The van der Waals surface area contributed by atoms with Crippen molar-refractivity contribution in [1.29, 1.82) is 0 Å². The Hall–Kier alpha value is -1.65. The van der Waals surface area contributed by atoms with E-state index in [0.717, 1.165) is 0 Å². The Morgan fingerprint density at radius 1 is 1.40 bits per heavy atom. The molecule has 0 heterocycles. The van der Waals surface area contributed by atoms with Crippen LogP contribution in [-0.4, -0.2) is 31.1 Å². The van der Waals surface area contributed by atoms with Crippen LogP contribution in [0.25, 0.3) is 0 Å². The molecule has 1 atom stereocenters. The van der Waals surface area contributed by atoms with Crippen molar-refractivity contribution in [1.82, 2.24) is 4.72 Å². The van der Waals surface area contributed by atoms with Crippen molar-refractivity contribution in [3.05, 3.63) is 33.9 Å². The van der Waals surface area contributed by atoms with Crippen LogP contribution in [0, 0.1) is 21.7 Å². The van der Waals surface area contributed by atoms with E-state index in [0.29, 0.717) is 6.07 Å². The molecule has 0 saturated carbocycles. The van der Waals surface area contributed by atoms with Gasteiger partial charge in [0.1, 0.15) is 10.7 Å². The molecule has 7 nitrogen and oxygen atoms in total. The van der Waals surface area contributed by atoms with E-state index in [2.05, 4.69) is 0 Å². The maximum atomic E-state index is 13.5. The molecule has 0 aliphatic carbocycles. The average molecular weight is 310 g/mol. The molecule has 0 aliphatic heterocycles. The number of hydrogen-bond acceptors (Lipinski definition) is 5. The fourth-order valence-corrected chi connectivity index (χ4v) is 2.79. The largest absolute Gasteiger partial charge is 0.395 e. The molecule has 1 aromatic carbocycles. The Morgan fingerprint density at radius 3 is 2.45 bits per heavy atom. The first-order chi connectivity index (χ1) is 9.22. The number of hydrogen-bond donors (Lipinski definition) is 2. The normalized spacial score (nSPS) is 13.2. The molecular weight excluding hydrogens is 298 g/mol. The molecule has 0 aliphatic rings. The number of halogens is 2. The second-order valence-corrected chi connectivity index (χ2v) is 5.58. The van der Waals surface area contributed by atoms with Gasteiger partial charge in [0.15, 0.2) is 0 Å². The lowest BCUT2D eigenvalue weighted by molar-refractivity contribution is -0.387. The number of nitrogens with one attached hydrogen (secondary N) is 1. The minimum atomic E-state index is -4.44. The minimum Gasteiger partial charge on any atom is -0.395 e. The third-order valence-electron chi connectivity index (χ3n) is 2.52. The summed E-state index contributed by atoms with van der Waals surface area (Å²) < 4.78 is 52.3. The van der Waals surface area contributed by atoms with Crippen LogP contribution in [0.15, 0.2) is 17.0 Å². The first-order valence-electron chi connectivity index (χ1n) is 5.49. The summed E-state index contributed by atoms with van der Waals surface area (Å²) in [5.41, 5.74) is -1.15. The summed E-state index contributed by atoms with van der Waals surface area (Å²) in [6, 6.07) is -0.438. The number of rotatable bonds is 6. The monoisotopic (exact) mass is 310 g/mol. The maximum absolute atomic E-state index is 13.5. The number of benzene rings is 1. The third kappa shape index (κ3) is 3.46. The van der Waals surface area contributed by atoms with E-state index in [1.807, 2.05) is 4.72 Å². The van der Waals surface area contributed by atoms with Crippen molar-refractivity contribution in [3.8, 4) is 0 Å². The summed E-state index contributed by atoms with van der Waals surface area (Å²) in [6.45, 7) is 1.05. The van der Waals surface area contributed by atoms with Crippen molar-refractivity contribution in [2.24, 2.45) is 0 Å². The quantitative estimate of drug-likeness (QED) is 0.600.